The van der Waals surface area contributed by atoms with Crippen LogP contribution < -0.4 is 15.8 Å². The molecule has 0 radical (unpaired) electrons. The van der Waals surface area contributed by atoms with Crippen LogP contribution in [-0.4, -0.2) is 37.5 Å². The normalized spacial score (nSPS) is 12.5. The molecule has 0 amide bonds. The van der Waals surface area contributed by atoms with E-state index in [4.69, 9.17) is 33.7 Å². The summed E-state index contributed by atoms with van der Waals surface area (Å²) in [5.41, 5.74) is 5.31. The summed E-state index contributed by atoms with van der Waals surface area (Å²) in [7, 11) is 0. The third kappa shape index (κ3) is 5.57. The zero-order valence-electron chi connectivity index (χ0n) is 9.33. The Kier molecular flexibility index (Phi) is 6.62. The molecule has 1 rings (SSSR count). The number of hydrogen-bond donors (Lipinski definition) is 3. The standard InChI is InChI=1S/C11H16Cl2N2O2/c12-10-2-1-9(5-11(10)13)17-7-8(16)6-15-4-3-14/h1-2,5,8,15-16H,3-4,6-7,14H2/t8-/m1/s1. The van der Waals surface area contributed by atoms with E-state index in [2.05, 4.69) is 5.32 Å². The van der Waals surface area contributed by atoms with Gasteiger partial charge in [-0.15, -0.1) is 0 Å². The van der Waals surface area contributed by atoms with Crippen molar-refractivity contribution in [2.24, 2.45) is 5.73 Å². The van der Waals surface area contributed by atoms with Crippen LogP contribution in [0.1, 0.15) is 0 Å². The summed E-state index contributed by atoms with van der Waals surface area (Å²) in [5.74, 6) is 0.581. The molecule has 4 nitrogen and oxygen atoms in total. The monoisotopic (exact) mass is 278 g/mol. The molecule has 6 heteroatoms. The number of rotatable bonds is 7. The van der Waals surface area contributed by atoms with Gasteiger partial charge in [-0.05, 0) is 12.1 Å². The van der Waals surface area contributed by atoms with E-state index in [1.54, 1.807) is 18.2 Å². The van der Waals surface area contributed by atoms with Crippen LogP contribution in [-0.2, 0) is 0 Å². The SMILES string of the molecule is NCCNC[C@@H](O)COc1ccc(Cl)c(Cl)c1. The van der Waals surface area contributed by atoms with E-state index < -0.39 is 6.10 Å². The number of nitrogens with one attached hydrogen (secondary N) is 1. The zero-order chi connectivity index (χ0) is 12.7. The lowest BCUT2D eigenvalue weighted by Crippen LogP contribution is -2.34. The molecule has 1 aromatic carbocycles. The number of benzene rings is 1. The van der Waals surface area contributed by atoms with Crippen molar-refractivity contribution in [1.29, 1.82) is 0 Å². The van der Waals surface area contributed by atoms with Gasteiger partial charge >= 0.3 is 0 Å². The van der Waals surface area contributed by atoms with Crippen LogP contribution in [0.2, 0.25) is 10.0 Å². The molecule has 0 saturated carbocycles. The third-order valence-electron chi connectivity index (χ3n) is 2.03. The van der Waals surface area contributed by atoms with E-state index in [0.29, 0.717) is 35.4 Å². The summed E-state index contributed by atoms with van der Waals surface area (Å²) in [6, 6.07) is 4.97. The maximum atomic E-state index is 9.57. The summed E-state index contributed by atoms with van der Waals surface area (Å²) in [4.78, 5) is 0. The van der Waals surface area contributed by atoms with E-state index in [-0.39, 0.29) is 6.61 Å². The minimum Gasteiger partial charge on any atom is -0.491 e. The molecule has 0 heterocycles. The first-order valence-electron chi connectivity index (χ1n) is 5.30. The molecule has 0 aliphatic rings. The lowest BCUT2D eigenvalue weighted by Gasteiger charge is -2.13. The van der Waals surface area contributed by atoms with Crippen molar-refractivity contribution in [1.82, 2.24) is 5.32 Å². The highest BCUT2D eigenvalue weighted by Crippen LogP contribution is 2.26. The number of aliphatic hydroxyl groups is 1. The first kappa shape index (κ1) is 14.5. The van der Waals surface area contributed by atoms with Gasteiger partial charge in [-0.25, -0.2) is 0 Å². The summed E-state index contributed by atoms with van der Waals surface area (Å²) >= 11 is 11.6. The van der Waals surface area contributed by atoms with Crippen molar-refractivity contribution in [2.75, 3.05) is 26.2 Å². The van der Waals surface area contributed by atoms with Crippen LogP contribution in [0.4, 0.5) is 0 Å². The Morgan fingerprint density at radius 1 is 1.35 bits per heavy atom. The number of nitrogens with two attached hydrogens (primary N) is 1. The van der Waals surface area contributed by atoms with E-state index in [9.17, 15) is 5.11 Å². The number of aliphatic hydroxyl groups excluding tert-OH is 1. The zero-order valence-corrected chi connectivity index (χ0v) is 10.8. The highest BCUT2D eigenvalue weighted by atomic mass is 35.5. The Labute approximate surface area is 111 Å². The van der Waals surface area contributed by atoms with Gasteiger partial charge in [0.25, 0.3) is 0 Å². The Balaban J connectivity index is 2.31. The first-order valence-corrected chi connectivity index (χ1v) is 6.05. The molecular formula is C11H16Cl2N2O2. The summed E-state index contributed by atoms with van der Waals surface area (Å²) in [6.45, 7) is 1.85. The van der Waals surface area contributed by atoms with Crippen LogP contribution in [0.3, 0.4) is 0 Å². The average molecular weight is 279 g/mol. The van der Waals surface area contributed by atoms with Crippen LogP contribution in [0, 0.1) is 0 Å². The van der Waals surface area contributed by atoms with Crippen LogP contribution in [0.25, 0.3) is 0 Å². The molecule has 0 unspecified atom stereocenters. The molecule has 0 aromatic heterocycles. The van der Waals surface area contributed by atoms with E-state index in [1.807, 2.05) is 0 Å². The van der Waals surface area contributed by atoms with Crippen molar-refractivity contribution >= 4 is 23.2 Å². The highest BCUT2D eigenvalue weighted by molar-refractivity contribution is 6.42. The van der Waals surface area contributed by atoms with Gasteiger partial charge in [-0.3, -0.25) is 0 Å². The molecule has 1 atom stereocenters. The molecule has 0 saturated heterocycles. The second-order valence-electron chi connectivity index (χ2n) is 3.53. The lowest BCUT2D eigenvalue weighted by atomic mass is 10.3. The van der Waals surface area contributed by atoms with Gasteiger partial charge in [0.1, 0.15) is 18.5 Å². The maximum Gasteiger partial charge on any atom is 0.121 e. The van der Waals surface area contributed by atoms with Gasteiger partial charge in [0.05, 0.1) is 10.0 Å². The molecule has 0 fully saturated rings. The van der Waals surface area contributed by atoms with Gasteiger partial charge in [-0.1, -0.05) is 23.2 Å². The van der Waals surface area contributed by atoms with Gasteiger partial charge in [0, 0.05) is 25.7 Å². The minimum absolute atomic E-state index is 0.190. The Bertz CT molecular complexity index is 350. The topological polar surface area (TPSA) is 67.5 Å². The molecule has 1 aromatic rings. The molecule has 0 spiro atoms. The fourth-order valence-corrected chi connectivity index (χ4v) is 1.48. The average Bonchev–Trinajstić information content (AvgIpc) is 2.31. The molecular weight excluding hydrogens is 263 g/mol. The molecule has 96 valence electrons. The van der Waals surface area contributed by atoms with Crippen LogP contribution in [0.15, 0.2) is 18.2 Å². The first-order chi connectivity index (χ1) is 8.13. The van der Waals surface area contributed by atoms with E-state index in [1.165, 1.54) is 0 Å². The third-order valence-corrected chi connectivity index (χ3v) is 2.77. The fourth-order valence-electron chi connectivity index (χ4n) is 1.19. The minimum atomic E-state index is -0.587. The van der Waals surface area contributed by atoms with Crippen LogP contribution >= 0.6 is 23.2 Å². The fraction of sp³-hybridized carbons (Fsp3) is 0.455. The summed E-state index contributed by atoms with van der Waals surface area (Å²) in [6.07, 6.45) is -0.587. The van der Waals surface area contributed by atoms with E-state index in [0.717, 1.165) is 0 Å². The van der Waals surface area contributed by atoms with Gasteiger partial charge in [0.2, 0.25) is 0 Å². The largest absolute Gasteiger partial charge is 0.491 e. The van der Waals surface area contributed by atoms with Crippen molar-refractivity contribution in [2.45, 2.75) is 6.10 Å². The lowest BCUT2D eigenvalue weighted by molar-refractivity contribution is 0.107. The van der Waals surface area contributed by atoms with Gasteiger partial charge in [0.15, 0.2) is 0 Å². The predicted octanol–water partition coefficient (Wildman–Crippen LogP) is 1.28. The van der Waals surface area contributed by atoms with Crippen LogP contribution in [0.5, 0.6) is 5.75 Å². The highest BCUT2D eigenvalue weighted by Gasteiger charge is 2.05. The number of hydrogen-bond acceptors (Lipinski definition) is 4. The quantitative estimate of drug-likeness (QED) is 0.658. The Hall–Kier alpha value is -0.520. The maximum absolute atomic E-state index is 9.57. The molecule has 17 heavy (non-hydrogen) atoms. The smallest absolute Gasteiger partial charge is 0.121 e. The second kappa shape index (κ2) is 7.74. The van der Waals surface area contributed by atoms with Crippen molar-refractivity contribution in [3.05, 3.63) is 28.2 Å². The predicted molar refractivity (Wildman–Crippen MR) is 69.9 cm³/mol. The van der Waals surface area contributed by atoms with Crippen molar-refractivity contribution < 1.29 is 9.84 Å². The molecule has 0 aliphatic heterocycles. The summed E-state index contributed by atoms with van der Waals surface area (Å²) < 4.78 is 5.37. The second-order valence-corrected chi connectivity index (χ2v) is 4.35. The molecule has 0 aliphatic carbocycles. The number of ether oxygens (including phenoxy) is 1. The molecule has 4 N–H and O–H groups in total. The molecule has 0 bridgehead atoms. The Morgan fingerprint density at radius 3 is 2.76 bits per heavy atom. The van der Waals surface area contributed by atoms with E-state index >= 15 is 0 Å². The summed E-state index contributed by atoms with van der Waals surface area (Å²) in [5, 5.41) is 13.5. The Morgan fingerprint density at radius 2 is 2.12 bits per heavy atom. The van der Waals surface area contributed by atoms with Crippen molar-refractivity contribution in [3.8, 4) is 5.75 Å². The van der Waals surface area contributed by atoms with Crippen molar-refractivity contribution in [3.63, 3.8) is 0 Å². The number of halogens is 2. The van der Waals surface area contributed by atoms with Gasteiger partial charge < -0.3 is 20.9 Å². The van der Waals surface area contributed by atoms with Gasteiger partial charge in [-0.2, -0.15) is 0 Å².